The first-order valence-corrected chi connectivity index (χ1v) is 8.31. The summed E-state index contributed by atoms with van der Waals surface area (Å²) in [5.74, 6) is -0.904. The Labute approximate surface area is 142 Å². The van der Waals surface area contributed by atoms with Gasteiger partial charge in [0.25, 0.3) is 0 Å². The third-order valence-corrected chi connectivity index (χ3v) is 4.38. The van der Waals surface area contributed by atoms with Crippen molar-refractivity contribution in [3.63, 3.8) is 0 Å². The van der Waals surface area contributed by atoms with Gasteiger partial charge in [-0.15, -0.1) is 0 Å². The number of aliphatic imine (C=N–C) groups is 1. The molecule has 1 heterocycles. The molecule has 0 radical (unpaired) electrons. The predicted molar refractivity (Wildman–Crippen MR) is 97.3 cm³/mol. The van der Waals surface area contributed by atoms with Crippen LogP contribution >= 0.6 is 0 Å². The molecule has 24 heavy (non-hydrogen) atoms. The van der Waals surface area contributed by atoms with E-state index < -0.39 is 5.97 Å². The third-order valence-electron chi connectivity index (χ3n) is 4.38. The van der Waals surface area contributed by atoms with Gasteiger partial charge in [0.1, 0.15) is 0 Å². The maximum atomic E-state index is 10.8. The number of anilines is 1. The van der Waals surface area contributed by atoms with E-state index in [1.165, 1.54) is 24.1 Å². The molecule has 124 valence electrons. The zero-order valence-electron chi connectivity index (χ0n) is 13.9. The Morgan fingerprint density at radius 1 is 1.17 bits per heavy atom. The van der Waals surface area contributed by atoms with E-state index in [0.29, 0.717) is 12.1 Å². The quantitative estimate of drug-likeness (QED) is 0.849. The standard InChI is InChI=1S/C20H22N2O2/c1-15-12-17(6-9-19(15)22-10-2-3-11-22)14-21-13-16-4-7-18(8-5-16)20(23)24/h4-9,12,14H,2-3,10-11,13H2,1H3,(H,23,24). The first-order valence-electron chi connectivity index (χ1n) is 8.31. The Morgan fingerprint density at radius 3 is 2.50 bits per heavy atom. The minimum Gasteiger partial charge on any atom is -0.478 e. The average molecular weight is 322 g/mol. The monoisotopic (exact) mass is 322 g/mol. The molecule has 0 atom stereocenters. The largest absolute Gasteiger partial charge is 0.478 e. The summed E-state index contributed by atoms with van der Waals surface area (Å²) in [6.07, 6.45) is 4.44. The lowest BCUT2D eigenvalue weighted by Crippen LogP contribution is -2.18. The number of carbonyl (C=O) groups is 1. The number of hydrogen-bond donors (Lipinski definition) is 1. The van der Waals surface area contributed by atoms with Crippen LogP contribution in [0.1, 0.15) is 39.9 Å². The molecule has 1 N–H and O–H groups in total. The molecular formula is C20H22N2O2. The summed E-state index contributed by atoms with van der Waals surface area (Å²) < 4.78 is 0. The molecule has 0 bridgehead atoms. The SMILES string of the molecule is Cc1cc(C=NCc2ccc(C(=O)O)cc2)ccc1N1CCCC1. The second-order valence-corrected chi connectivity index (χ2v) is 6.21. The zero-order valence-corrected chi connectivity index (χ0v) is 13.9. The highest BCUT2D eigenvalue weighted by Gasteiger charge is 2.13. The van der Waals surface area contributed by atoms with Crippen LogP contribution < -0.4 is 4.90 Å². The molecule has 0 spiro atoms. The maximum Gasteiger partial charge on any atom is 0.335 e. The number of rotatable bonds is 5. The van der Waals surface area contributed by atoms with Gasteiger partial charge in [0.15, 0.2) is 0 Å². The van der Waals surface area contributed by atoms with E-state index in [-0.39, 0.29) is 0 Å². The minimum atomic E-state index is -0.904. The lowest BCUT2D eigenvalue weighted by molar-refractivity contribution is 0.0697. The van der Waals surface area contributed by atoms with E-state index >= 15 is 0 Å². The first-order chi connectivity index (χ1) is 11.6. The van der Waals surface area contributed by atoms with Gasteiger partial charge >= 0.3 is 5.97 Å². The van der Waals surface area contributed by atoms with E-state index in [9.17, 15) is 4.79 Å². The van der Waals surface area contributed by atoms with E-state index in [0.717, 1.165) is 24.2 Å². The Morgan fingerprint density at radius 2 is 1.88 bits per heavy atom. The topological polar surface area (TPSA) is 52.9 Å². The van der Waals surface area contributed by atoms with E-state index in [4.69, 9.17) is 5.11 Å². The Kier molecular flexibility index (Phi) is 4.94. The number of aromatic carboxylic acids is 1. The van der Waals surface area contributed by atoms with Crippen molar-refractivity contribution in [3.8, 4) is 0 Å². The van der Waals surface area contributed by atoms with E-state index in [1.807, 2.05) is 18.3 Å². The average Bonchev–Trinajstić information content (AvgIpc) is 3.10. The molecule has 0 saturated carbocycles. The van der Waals surface area contributed by atoms with Crippen LogP contribution in [0.4, 0.5) is 5.69 Å². The van der Waals surface area contributed by atoms with Crippen molar-refractivity contribution < 1.29 is 9.90 Å². The zero-order chi connectivity index (χ0) is 16.9. The van der Waals surface area contributed by atoms with Crippen LogP contribution in [0.15, 0.2) is 47.5 Å². The van der Waals surface area contributed by atoms with Crippen molar-refractivity contribution in [1.82, 2.24) is 0 Å². The van der Waals surface area contributed by atoms with Crippen molar-refractivity contribution in [2.45, 2.75) is 26.3 Å². The molecule has 1 aliphatic rings. The lowest BCUT2D eigenvalue weighted by atomic mass is 10.1. The number of carboxylic acids is 1. The molecule has 4 heteroatoms. The van der Waals surface area contributed by atoms with Crippen LogP contribution in [-0.4, -0.2) is 30.4 Å². The Hall–Kier alpha value is -2.62. The van der Waals surface area contributed by atoms with Crippen molar-refractivity contribution in [2.75, 3.05) is 18.0 Å². The highest BCUT2D eigenvalue weighted by Crippen LogP contribution is 2.24. The van der Waals surface area contributed by atoms with Gasteiger partial charge in [0.2, 0.25) is 0 Å². The van der Waals surface area contributed by atoms with Gasteiger partial charge in [-0.3, -0.25) is 4.99 Å². The number of nitrogens with zero attached hydrogens (tertiary/aromatic N) is 2. The molecular weight excluding hydrogens is 300 g/mol. The van der Waals surface area contributed by atoms with Crippen LogP contribution in [0, 0.1) is 6.92 Å². The molecule has 0 aromatic heterocycles. The van der Waals surface area contributed by atoms with Gasteiger partial charge in [0, 0.05) is 25.0 Å². The molecule has 1 aliphatic heterocycles. The van der Waals surface area contributed by atoms with Crippen LogP contribution in [0.3, 0.4) is 0 Å². The molecule has 0 amide bonds. The van der Waals surface area contributed by atoms with Gasteiger partial charge in [-0.05, 0) is 60.7 Å². The summed E-state index contributed by atoms with van der Waals surface area (Å²) in [7, 11) is 0. The molecule has 0 unspecified atom stereocenters. The number of hydrogen-bond acceptors (Lipinski definition) is 3. The normalized spacial score (nSPS) is 14.5. The predicted octanol–water partition coefficient (Wildman–Crippen LogP) is 3.91. The fourth-order valence-corrected chi connectivity index (χ4v) is 3.08. The van der Waals surface area contributed by atoms with Crippen molar-refractivity contribution in [2.24, 2.45) is 4.99 Å². The smallest absolute Gasteiger partial charge is 0.335 e. The summed E-state index contributed by atoms with van der Waals surface area (Å²) in [5, 5.41) is 8.89. The first kappa shape index (κ1) is 16.2. The van der Waals surface area contributed by atoms with Crippen molar-refractivity contribution >= 4 is 17.9 Å². The third kappa shape index (κ3) is 3.82. The van der Waals surface area contributed by atoms with Crippen LogP contribution in [0.5, 0.6) is 0 Å². The molecule has 2 aromatic carbocycles. The van der Waals surface area contributed by atoms with Gasteiger partial charge in [-0.25, -0.2) is 4.79 Å². The number of benzene rings is 2. The summed E-state index contributed by atoms with van der Waals surface area (Å²) in [5.41, 5.74) is 5.01. The molecule has 0 aliphatic carbocycles. The number of carboxylic acid groups (broad SMARTS) is 1. The lowest BCUT2D eigenvalue weighted by Gasteiger charge is -2.20. The second kappa shape index (κ2) is 7.30. The van der Waals surface area contributed by atoms with Crippen molar-refractivity contribution in [1.29, 1.82) is 0 Å². The maximum absolute atomic E-state index is 10.8. The second-order valence-electron chi connectivity index (χ2n) is 6.21. The summed E-state index contributed by atoms with van der Waals surface area (Å²) in [6, 6.07) is 13.3. The molecule has 1 fully saturated rings. The van der Waals surface area contributed by atoms with Crippen LogP contribution in [0.2, 0.25) is 0 Å². The van der Waals surface area contributed by atoms with Crippen LogP contribution in [0.25, 0.3) is 0 Å². The summed E-state index contributed by atoms with van der Waals surface area (Å²) in [4.78, 5) is 17.7. The minimum absolute atomic E-state index is 0.302. The van der Waals surface area contributed by atoms with Gasteiger partial charge in [0.05, 0.1) is 12.1 Å². The molecule has 1 saturated heterocycles. The Balaban J connectivity index is 1.63. The van der Waals surface area contributed by atoms with E-state index in [1.54, 1.807) is 12.1 Å². The Bertz CT molecular complexity index is 745. The van der Waals surface area contributed by atoms with Gasteiger partial charge in [-0.1, -0.05) is 18.2 Å². The highest BCUT2D eigenvalue weighted by molar-refractivity contribution is 5.87. The molecule has 4 nitrogen and oxygen atoms in total. The van der Waals surface area contributed by atoms with Gasteiger partial charge < -0.3 is 10.0 Å². The summed E-state index contributed by atoms with van der Waals surface area (Å²) >= 11 is 0. The van der Waals surface area contributed by atoms with Crippen molar-refractivity contribution in [3.05, 3.63) is 64.7 Å². The van der Waals surface area contributed by atoms with E-state index in [2.05, 4.69) is 35.0 Å². The summed E-state index contributed by atoms with van der Waals surface area (Å²) in [6.45, 7) is 5.00. The molecule has 3 rings (SSSR count). The molecule has 2 aromatic rings. The van der Waals surface area contributed by atoms with Crippen LogP contribution in [-0.2, 0) is 6.54 Å². The highest BCUT2D eigenvalue weighted by atomic mass is 16.4. The fourth-order valence-electron chi connectivity index (χ4n) is 3.08. The van der Waals surface area contributed by atoms with Gasteiger partial charge in [-0.2, -0.15) is 0 Å². The fraction of sp³-hybridized carbons (Fsp3) is 0.300. The number of aryl methyl sites for hydroxylation is 1.